The van der Waals surface area contributed by atoms with E-state index in [-0.39, 0.29) is 12.3 Å². The molecule has 1 amide bonds. The normalized spacial score (nSPS) is 10.7. The van der Waals surface area contributed by atoms with Gasteiger partial charge in [0, 0.05) is 5.69 Å². The van der Waals surface area contributed by atoms with Crippen LogP contribution in [0.15, 0.2) is 29.4 Å². The second-order valence-electron chi connectivity index (χ2n) is 5.32. The molecule has 2 rings (SSSR count). The molecule has 0 saturated heterocycles. The van der Waals surface area contributed by atoms with Crippen LogP contribution in [0.1, 0.15) is 44.6 Å². The number of ether oxygens (including phenoxy) is 2. The van der Waals surface area contributed by atoms with Gasteiger partial charge in [0.2, 0.25) is 0 Å². The first-order valence-corrected chi connectivity index (χ1v) is 7.81. The van der Waals surface area contributed by atoms with Crippen LogP contribution in [0.2, 0.25) is 0 Å². The van der Waals surface area contributed by atoms with Crippen molar-refractivity contribution in [3.05, 3.63) is 52.3 Å². The fraction of sp³-hybridized carbons (Fsp3) is 0.278. The Kier molecular flexibility index (Phi) is 5.94. The summed E-state index contributed by atoms with van der Waals surface area (Å²) >= 11 is 0. The van der Waals surface area contributed by atoms with E-state index in [1.165, 1.54) is 6.21 Å². The molecular formula is C18H21N3O4. The van der Waals surface area contributed by atoms with E-state index in [1.54, 1.807) is 33.9 Å². The van der Waals surface area contributed by atoms with Crippen molar-refractivity contribution in [2.24, 2.45) is 5.10 Å². The first-order valence-electron chi connectivity index (χ1n) is 7.81. The van der Waals surface area contributed by atoms with Crippen LogP contribution in [0.4, 0.5) is 0 Å². The Hall–Kier alpha value is -3.09. The van der Waals surface area contributed by atoms with Crippen LogP contribution in [-0.4, -0.2) is 36.8 Å². The number of benzene rings is 1. The number of carbonyl (C=O) groups is 2. The van der Waals surface area contributed by atoms with Gasteiger partial charge in [-0.05, 0) is 44.0 Å². The Labute approximate surface area is 146 Å². The van der Waals surface area contributed by atoms with Crippen molar-refractivity contribution in [3.8, 4) is 5.75 Å². The first kappa shape index (κ1) is 18.3. The molecular weight excluding hydrogens is 322 g/mol. The van der Waals surface area contributed by atoms with Crippen LogP contribution in [-0.2, 0) is 4.74 Å². The molecule has 0 aliphatic heterocycles. The first-order chi connectivity index (χ1) is 12.0. The molecule has 2 aromatic rings. The van der Waals surface area contributed by atoms with Gasteiger partial charge in [-0.3, -0.25) is 4.79 Å². The third kappa shape index (κ3) is 4.26. The molecule has 0 radical (unpaired) electrons. The Balaban J connectivity index is 2.12. The number of aryl methyl sites for hydroxylation is 1. The van der Waals surface area contributed by atoms with Crippen LogP contribution in [0.3, 0.4) is 0 Å². The highest BCUT2D eigenvalue weighted by atomic mass is 16.5. The van der Waals surface area contributed by atoms with Gasteiger partial charge in [0.05, 0.1) is 25.5 Å². The molecule has 2 N–H and O–H groups in total. The highest BCUT2D eigenvalue weighted by Crippen LogP contribution is 2.19. The maximum absolute atomic E-state index is 12.3. The van der Waals surface area contributed by atoms with Crippen molar-refractivity contribution < 1.29 is 19.1 Å². The second-order valence-corrected chi connectivity index (χ2v) is 5.32. The zero-order valence-electron chi connectivity index (χ0n) is 14.7. The van der Waals surface area contributed by atoms with Gasteiger partial charge < -0.3 is 14.5 Å². The van der Waals surface area contributed by atoms with Gasteiger partial charge in [-0.1, -0.05) is 12.1 Å². The number of nitrogens with zero attached hydrogens (tertiary/aromatic N) is 1. The van der Waals surface area contributed by atoms with Gasteiger partial charge in [-0.15, -0.1) is 0 Å². The van der Waals surface area contributed by atoms with Gasteiger partial charge >= 0.3 is 5.97 Å². The van der Waals surface area contributed by atoms with E-state index in [0.29, 0.717) is 22.6 Å². The highest BCUT2D eigenvalue weighted by molar-refractivity contribution is 6.00. The number of aromatic nitrogens is 1. The summed E-state index contributed by atoms with van der Waals surface area (Å²) in [6, 6.07) is 7.27. The maximum atomic E-state index is 12.3. The van der Waals surface area contributed by atoms with Crippen LogP contribution < -0.4 is 10.2 Å². The van der Waals surface area contributed by atoms with E-state index in [9.17, 15) is 9.59 Å². The van der Waals surface area contributed by atoms with Gasteiger partial charge in [-0.2, -0.15) is 5.10 Å². The molecule has 132 valence electrons. The van der Waals surface area contributed by atoms with Crippen LogP contribution in [0, 0.1) is 13.8 Å². The lowest BCUT2D eigenvalue weighted by molar-refractivity contribution is 0.0525. The number of H-pyrrole nitrogens is 1. The number of nitrogens with one attached hydrogen (secondary N) is 2. The smallest absolute Gasteiger partial charge is 0.340 e. The number of rotatable bonds is 6. The van der Waals surface area contributed by atoms with Gasteiger partial charge in [0.1, 0.15) is 11.4 Å². The third-order valence-electron chi connectivity index (χ3n) is 3.62. The van der Waals surface area contributed by atoms with E-state index in [0.717, 1.165) is 5.56 Å². The Morgan fingerprint density at radius 1 is 1.32 bits per heavy atom. The summed E-state index contributed by atoms with van der Waals surface area (Å²) in [6.07, 6.45) is 1.51. The lowest BCUT2D eigenvalue weighted by Gasteiger charge is -2.02. The number of hydrogen-bond acceptors (Lipinski definition) is 5. The summed E-state index contributed by atoms with van der Waals surface area (Å²) in [6.45, 7) is 5.41. The summed E-state index contributed by atoms with van der Waals surface area (Å²) in [5, 5.41) is 3.94. The number of methoxy groups -OCH3 is 1. The summed E-state index contributed by atoms with van der Waals surface area (Å²) in [7, 11) is 1.58. The average molecular weight is 343 g/mol. The molecule has 0 saturated carbocycles. The van der Waals surface area contributed by atoms with E-state index < -0.39 is 11.9 Å². The summed E-state index contributed by atoms with van der Waals surface area (Å²) in [4.78, 5) is 27.2. The largest absolute Gasteiger partial charge is 0.497 e. The van der Waals surface area contributed by atoms with E-state index >= 15 is 0 Å². The monoisotopic (exact) mass is 343 g/mol. The number of aromatic amines is 1. The Bertz CT molecular complexity index is 809. The van der Waals surface area contributed by atoms with Gasteiger partial charge in [0.15, 0.2) is 0 Å². The van der Waals surface area contributed by atoms with Crippen molar-refractivity contribution >= 4 is 18.1 Å². The molecule has 0 atom stereocenters. The van der Waals surface area contributed by atoms with Crippen molar-refractivity contribution in [2.75, 3.05) is 13.7 Å². The summed E-state index contributed by atoms with van der Waals surface area (Å²) < 4.78 is 10.1. The molecule has 0 unspecified atom stereocenters. The lowest BCUT2D eigenvalue weighted by atomic mass is 10.1. The minimum atomic E-state index is -0.451. The predicted molar refractivity (Wildman–Crippen MR) is 94.3 cm³/mol. The van der Waals surface area contributed by atoms with Crippen molar-refractivity contribution in [3.63, 3.8) is 0 Å². The molecule has 0 bridgehead atoms. The van der Waals surface area contributed by atoms with Crippen LogP contribution in [0.5, 0.6) is 5.75 Å². The van der Waals surface area contributed by atoms with Crippen LogP contribution in [0.25, 0.3) is 0 Å². The maximum Gasteiger partial charge on any atom is 0.340 e. The fourth-order valence-electron chi connectivity index (χ4n) is 2.43. The highest BCUT2D eigenvalue weighted by Gasteiger charge is 2.22. The van der Waals surface area contributed by atoms with Crippen molar-refractivity contribution in [1.29, 1.82) is 0 Å². The van der Waals surface area contributed by atoms with Gasteiger partial charge in [-0.25, -0.2) is 10.2 Å². The summed E-state index contributed by atoms with van der Waals surface area (Å²) in [5.74, 6) is -0.187. The minimum absolute atomic E-state index is 0.273. The lowest BCUT2D eigenvalue weighted by Crippen LogP contribution is -2.19. The molecule has 0 aliphatic carbocycles. The molecule has 1 aromatic carbocycles. The fourth-order valence-corrected chi connectivity index (χ4v) is 2.43. The van der Waals surface area contributed by atoms with E-state index in [1.807, 2.05) is 18.2 Å². The third-order valence-corrected chi connectivity index (χ3v) is 3.62. The number of amides is 1. The topological polar surface area (TPSA) is 92.8 Å². The standard InChI is InChI=1S/C18H21N3O4/c1-5-25-18(23)15-11(2)16(20-12(15)3)17(22)21-19-10-13-7-6-8-14(9-13)24-4/h6-10,20H,5H2,1-4H3,(H,21,22)/b19-10-. The second kappa shape index (κ2) is 8.14. The SMILES string of the molecule is CCOC(=O)c1c(C)[nH]c(C(=O)N/N=C\c2cccc(OC)c2)c1C. The minimum Gasteiger partial charge on any atom is -0.497 e. The molecule has 0 aliphatic rings. The van der Waals surface area contributed by atoms with E-state index in [4.69, 9.17) is 9.47 Å². The zero-order chi connectivity index (χ0) is 18.4. The Morgan fingerprint density at radius 3 is 2.76 bits per heavy atom. The Morgan fingerprint density at radius 2 is 2.08 bits per heavy atom. The van der Waals surface area contributed by atoms with Crippen molar-refractivity contribution in [2.45, 2.75) is 20.8 Å². The molecule has 1 heterocycles. The molecule has 25 heavy (non-hydrogen) atoms. The molecule has 1 aromatic heterocycles. The molecule has 7 nitrogen and oxygen atoms in total. The zero-order valence-corrected chi connectivity index (χ0v) is 14.7. The molecule has 7 heteroatoms. The molecule has 0 fully saturated rings. The number of hydrogen-bond donors (Lipinski definition) is 2. The number of hydrazone groups is 1. The molecule has 0 spiro atoms. The summed E-state index contributed by atoms with van der Waals surface area (Å²) in [5.41, 5.74) is 5.00. The predicted octanol–water partition coefficient (Wildman–Crippen LogP) is 2.58. The quantitative estimate of drug-likeness (QED) is 0.479. The van der Waals surface area contributed by atoms with Gasteiger partial charge in [0.25, 0.3) is 5.91 Å². The number of esters is 1. The van der Waals surface area contributed by atoms with Crippen molar-refractivity contribution in [1.82, 2.24) is 10.4 Å². The average Bonchev–Trinajstić information content (AvgIpc) is 2.90. The van der Waals surface area contributed by atoms with E-state index in [2.05, 4.69) is 15.5 Å². The number of carbonyl (C=O) groups excluding carboxylic acids is 2. The van der Waals surface area contributed by atoms with Crippen LogP contribution >= 0.6 is 0 Å².